The van der Waals surface area contributed by atoms with E-state index in [2.05, 4.69) is 0 Å². The van der Waals surface area contributed by atoms with E-state index in [0.717, 1.165) is 21.7 Å². The Morgan fingerprint density at radius 2 is 2.11 bits per heavy atom. The Morgan fingerprint density at radius 1 is 1.33 bits per heavy atom. The molecular formula is C15H16ClNO. The molecule has 2 aromatic rings. The van der Waals surface area contributed by atoms with E-state index in [0.29, 0.717) is 13.0 Å². The normalized spacial score (nSPS) is 10.6. The standard InChI is InChI=1S/C15H16ClNO/c1-3-15(18)13-6-7-17(10-13)9-12-5-4-11(2)8-14(12)16/h4-8,10H,3,9H2,1-2H3. The van der Waals surface area contributed by atoms with Crippen molar-refractivity contribution in [3.05, 3.63) is 58.4 Å². The quantitative estimate of drug-likeness (QED) is 0.760. The summed E-state index contributed by atoms with van der Waals surface area (Å²) < 4.78 is 1.99. The number of ketones is 1. The Balaban J connectivity index is 2.18. The molecule has 0 bridgehead atoms. The first-order chi connectivity index (χ1) is 8.60. The van der Waals surface area contributed by atoms with Crippen LogP contribution in [-0.4, -0.2) is 10.4 Å². The molecule has 0 aliphatic heterocycles. The molecule has 1 aromatic carbocycles. The molecule has 1 aromatic heterocycles. The fraction of sp³-hybridized carbons (Fsp3) is 0.267. The Kier molecular flexibility index (Phi) is 3.87. The molecule has 0 aliphatic rings. The maximum atomic E-state index is 11.6. The maximum Gasteiger partial charge on any atom is 0.164 e. The smallest absolute Gasteiger partial charge is 0.164 e. The number of hydrogen-bond donors (Lipinski definition) is 0. The minimum Gasteiger partial charge on any atom is -0.349 e. The summed E-state index contributed by atoms with van der Waals surface area (Å²) in [5.41, 5.74) is 2.98. The van der Waals surface area contributed by atoms with Crippen LogP contribution in [0.15, 0.2) is 36.7 Å². The van der Waals surface area contributed by atoms with Gasteiger partial charge in [-0.3, -0.25) is 4.79 Å². The monoisotopic (exact) mass is 261 g/mol. The number of hydrogen-bond acceptors (Lipinski definition) is 1. The van der Waals surface area contributed by atoms with Crippen molar-refractivity contribution in [2.75, 3.05) is 0 Å². The van der Waals surface area contributed by atoms with Gasteiger partial charge < -0.3 is 4.57 Å². The molecule has 18 heavy (non-hydrogen) atoms. The van der Waals surface area contributed by atoms with Gasteiger partial charge in [0, 0.05) is 35.9 Å². The Bertz CT molecular complexity index is 572. The second-order valence-corrected chi connectivity index (χ2v) is 4.85. The van der Waals surface area contributed by atoms with E-state index in [1.807, 2.05) is 55.1 Å². The van der Waals surface area contributed by atoms with Crippen LogP contribution in [-0.2, 0) is 6.54 Å². The lowest BCUT2D eigenvalue weighted by Gasteiger charge is -2.06. The van der Waals surface area contributed by atoms with E-state index < -0.39 is 0 Å². The van der Waals surface area contributed by atoms with E-state index in [-0.39, 0.29) is 5.78 Å². The molecule has 94 valence electrons. The molecule has 1 heterocycles. The van der Waals surface area contributed by atoms with Crippen LogP contribution in [0.1, 0.15) is 34.8 Å². The zero-order valence-corrected chi connectivity index (χ0v) is 11.4. The predicted octanol–water partition coefficient (Wildman–Crippen LogP) is 4.09. The number of aryl methyl sites for hydroxylation is 1. The van der Waals surface area contributed by atoms with Gasteiger partial charge in [0.05, 0.1) is 0 Å². The third-order valence-electron chi connectivity index (χ3n) is 2.96. The van der Waals surface area contributed by atoms with Crippen molar-refractivity contribution in [1.29, 1.82) is 0 Å². The zero-order valence-electron chi connectivity index (χ0n) is 10.6. The molecule has 0 unspecified atom stereocenters. The second-order valence-electron chi connectivity index (χ2n) is 4.44. The summed E-state index contributed by atoms with van der Waals surface area (Å²) in [4.78, 5) is 11.6. The summed E-state index contributed by atoms with van der Waals surface area (Å²) in [6.07, 6.45) is 4.33. The lowest BCUT2D eigenvalue weighted by atomic mass is 10.1. The summed E-state index contributed by atoms with van der Waals surface area (Å²) in [5, 5.41) is 0.770. The summed E-state index contributed by atoms with van der Waals surface area (Å²) in [6.45, 7) is 4.58. The molecule has 0 fully saturated rings. The highest BCUT2D eigenvalue weighted by atomic mass is 35.5. The number of Topliss-reactive ketones (excluding diaryl/α,β-unsaturated/α-hetero) is 1. The van der Waals surface area contributed by atoms with Crippen molar-refractivity contribution in [1.82, 2.24) is 4.57 Å². The number of rotatable bonds is 4. The van der Waals surface area contributed by atoms with E-state index in [1.54, 1.807) is 0 Å². The first-order valence-electron chi connectivity index (χ1n) is 6.04. The fourth-order valence-electron chi connectivity index (χ4n) is 1.89. The third-order valence-corrected chi connectivity index (χ3v) is 3.31. The average Bonchev–Trinajstić information content (AvgIpc) is 2.80. The molecule has 2 nitrogen and oxygen atoms in total. The molecule has 2 rings (SSSR count). The Morgan fingerprint density at radius 3 is 2.78 bits per heavy atom. The Hall–Kier alpha value is -1.54. The number of halogens is 1. The summed E-state index contributed by atoms with van der Waals surface area (Å²) in [6, 6.07) is 7.88. The van der Waals surface area contributed by atoms with Crippen molar-refractivity contribution in [2.45, 2.75) is 26.8 Å². The lowest BCUT2D eigenvalue weighted by Crippen LogP contribution is -1.99. The van der Waals surface area contributed by atoms with Gasteiger partial charge in [-0.2, -0.15) is 0 Å². The fourth-order valence-corrected chi connectivity index (χ4v) is 2.18. The van der Waals surface area contributed by atoms with E-state index >= 15 is 0 Å². The minimum atomic E-state index is 0.170. The summed E-state index contributed by atoms with van der Waals surface area (Å²) in [5.74, 6) is 0.170. The van der Waals surface area contributed by atoms with Gasteiger partial charge in [-0.15, -0.1) is 0 Å². The molecule has 0 spiro atoms. The van der Waals surface area contributed by atoms with Crippen molar-refractivity contribution < 1.29 is 4.79 Å². The van der Waals surface area contributed by atoms with Gasteiger partial charge in [0.1, 0.15) is 0 Å². The van der Waals surface area contributed by atoms with Crippen LogP contribution in [0.2, 0.25) is 5.02 Å². The van der Waals surface area contributed by atoms with Crippen LogP contribution in [0.25, 0.3) is 0 Å². The SMILES string of the molecule is CCC(=O)c1ccn(Cc2ccc(C)cc2Cl)c1. The van der Waals surface area contributed by atoms with Gasteiger partial charge >= 0.3 is 0 Å². The van der Waals surface area contributed by atoms with Gasteiger partial charge in [0.15, 0.2) is 5.78 Å². The largest absolute Gasteiger partial charge is 0.349 e. The van der Waals surface area contributed by atoms with Gasteiger partial charge in [0.2, 0.25) is 0 Å². The van der Waals surface area contributed by atoms with Crippen molar-refractivity contribution in [3.8, 4) is 0 Å². The maximum absolute atomic E-state index is 11.6. The second kappa shape index (κ2) is 5.40. The van der Waals surface area contributed by atoms with E-state index in [9.17, 15) is 4.79 Å². The van der Waals surface area contributed by atoms with E-state index in [1.165, 1.54) is 0 Å². The lowest BCUT2D eigenvalue weighted by molar-refractivity contribution is 0.0988. The number of nitrogens with zero attached hydrogens (tertiary/aromatic N) is 1. The van der Waals surface area contributed by atoms with E-state index in [4.69, 9.17) is 11.6 Å². The number of carbonyl (C=O) groups excluding carboxylic acids is 1. The molecule has 0 N–H and O–H groups in total. The number of carbonyl (C=O) groups is 1. The third kappa shape index (κ3) is 2.82. The van der Waals surface area contributed by atoms with Gasteiger partial charge in [-0.1, -0.05) is 30.7 Å². The first kappa shape index (κ1) is 12.9. The zero-order chi connectivity index (χ0) is 13.1. The summed E-state index contributed by atoms with van der Waals surface area (Å²) >= 11 is 6.20. The molecule has 0 saturated carbocycles. The van der Waals surface area contributed by atoms with Crippen molar-refractivity contribution in [3.63, 3.8) is 0 Å². The van der Waals surface area contributed by atoms with Gasteiger partial charge in [-0.25, -0.2) is 0 Å². The Labute approximate surface area is 112 Å². The van der Waals surface area contributed by atoms with Crippen LogP contribution in [0.5, 0.6) is 0 Å². The highest BCUT2D eigenvalue weighted by Crippen LogP contribution is 2.19. The van der Waals surface area contributed by atoms with Crippen LogP contribution >= 0.6 is 11.6 Å². The van der Waals surface area contributed by atoms with Crippen LogP contribution in [0.3, 0.4) is 0 Å². The van der Waals surface area contributed by atoms with Crippen LogP contribution in [0.4, 0.5) is 0 Å². The van der Waals surface area contributed by atoms with Gasteiger partial charge in [-0.05, 0) is 30.2 Å². The molecule has 0 aliphatic carbocycles. The van der Waals surface area contributed by atoms with Gasteiger partial charge in [0.25, 0.3) is 0 Å². The highest BCUT2D eigenvalue weighted by molar-refractivity contribution is 6.31. The molecule has 0 saturated heterocycles. The summed E-state index contributed by atoms with van der Waals surface area (Å²) in [7, 11) is 0. The molecule has 0 atom stereocenters. The molecule has 3 heteroatoms. The average molecular weight is 262 g/mol. The molecule has 0 amide bonds. The minimum absolute atomic E-state index is 0.170. The molecule has 0 radical (unpaired) electrons. The topological polar surface area (TPSA) is 22.0 Å². The van der Waals surface area contributed by atoms with Crippen LogP contribution < -0.4 is 0 Å². The highest BCUT2D eigenvalue weighted by Gasteiger charge is 2.06. The van der Waals surface area contributed by atoms with Crippen molar-refractivity contribution >= 4 is 17.4 Å². The number of benzene rings is 1. The first-order valence-corrected chi connectivity index (χ1v) is 6.42. The molecular weight excluding hydrogens is 246 g/mol. The van der Waals surface area contributed by atoms with Crippen molar-refractivity contribution in [2.24, 2.45) is 0 Å². The van der Waals surface area contributed by atoms with Crippen LogP contribution in [0, 0.1) is 6.92 Å². The number of aromatic nitrogens is 1. The predicted molar refractivity (Wildman–Crippen MR) is 74.3 cm³/mol.